The van der Waals surface area contributed by atoms with Gasteiger partial charge in [0, 0.05) is 12.3 Å². The van der Waals surface area contributed by atoms with Gasteiger partial charge < -0.3 is 25.2 Å². The first-order valence-electron chi connectivity index (χ1n) is 16.4. The summed E-state index contributed by atoms with van der Waals surface area (Å²) < 4.78 is 5.40. The molecule has 0 aliphatic heterocycles. The molecular formula is C38H50O6. The minimum Gasteiger partial charge on any atom is -0.504 e. The molecule has 0 amide bonds. The number of hydrogen-bond acceptors (Lipinski definition) is 6. The van der Waals surface area contributed by atoms with Gasteiger partial charge in [0.05, 0.1) is 13.2 Å². The van der Waals surface area contributed by atoms with Crippen LogP contribution >= 0.6 is 0 Å². The summed E-state index contributed by atoms with van der Waals surface area (Å²) in [6, 6.07) is 20.6. The number of ether oxygens (including phenoxy) is 1. The maximum Gasteiger partial charge on any atom is 0.160 e. The van der Waals surface area contributed by atoms with Crippen LogP contribution in [0.1, 0.15) is 107 Å². The number of carbonyl (C=O) groups is 1. The summed E-state index contributed by atoms with van der Waals surface area (Å²) in [4.78, 5) is 14.3. The number of hydrogen-bond donors (Lipinski definition) is 4. The van der Waals surface area contributed by atoms with E-state index in [1.165, 1.54) is 18.7 Å². The second-order valence-corrected chi connectivity index (χ2v) is 12.7. The number of carbonyl (C=O) groups excluding carboxylic acids is 1. The lowest BCUT2D eigenvalue weighted by Gasteiger charge is -2.41. The van der Waals surface area contributed by atoms with Crippen LogP contribution in [-0.4, -0.2) is 39.4 Å². The maximum atomic E-state index is 14.3. The van der Waals surface area contributed by atoms with Crippen molar-refractivity contribution >= 4 is 5.78 Å². The molecule has 0 spiro atoms. The summed E-state index contributed by atoms with van der Waals surface area (Å²) in [6.07, 6.45) is 9.92. The van der Waals surface area contributed by atoms with Gasteiger partial charge in [-0.3, -0.25) is 4.79 Å². The van der Waals surface area contributed by atoms with Crippen LogP contribution in [0.15, 0.2) is 66.7 Å². The van der Waals surface area contributed by atoms with Crippen molar-refractivity contribution in [3.05, 3.63) is 83.4 Å². The summed E-state index contributed by atoms with van der Waals surface area (Å²) in [7, 11) is 1.53. The van der Waals surface area contributed by atoms with Crippen molar-refractivity contribution in [3.8, 4) is 23.0 Å². The predicted octanol–water partition coefficient (Wildman–Crippen LogP) is 8.34. The van der Waals surface area contributed by atoms with E-state index in [-0.39, 0.29) is 34.4 Å². The highest BCUT2D eigenvalue weighted by atomic mass is 16.5. The molecule has 238 valence electrons. The van der Waals surface area contributed by atoms with Crippen molar-refractivity contribution in [3.63, 3.8) is 0 Å². The first-order chi connectivity index (χ1) is 21.3. The minimum absolute atomic E-state index is 0.0651. The van der Waals surface area contributed by atoms with Gasteiger partial charge in [-0.15, -0.1) is 0 Å². The lowest BCUT2D eigenvalue weighted by Crippen LogP contribution is -2.39. The standard InChI is InChI=1S/C38H50O6/c1-3-4-7-14-31(36(43)26-38(21-10-6-11-22-38)30-18-20-32(39)35(42)25-30)34(41)23-28(16-15-27-12-8-5-9-13-27)29-17-19-33(40)37(24-29)44-2/h5,8-9,12-13,17-20,24-25,28,31,36,39-40,42-43H,3-4,6-7,10-11,14-16,21-23,26H2,1-2H3/t28-,31+,36+/m0/s1. The van der Waals surface area contributed by atoms with Crippen LogP contribution in [0.4, 0.5) is 0 Å². The van der Waals surface area contributed by atoms with E-state index in [0.29, 0.717) is 25.0 Å². The molecule has 1 fully saturated rings. The predicted molar refractivity (Wildman–Crippen MR) is 175 cm³/mol. The molecule has 44 heavy (non-hydrogen) atoms. The SMILES string of the molecule is CCCCC[C@H](C(=O)C[C@H](CCc1ccccc1)c1ccc(O)c(OC)c1)[C@H](O)CC1(c2ccc(O)c(O)c2)CCCCC1. The van der Waals surface area contributed by atoms with E-state index in [1.807, 2.05) is 36.4 Å². The average molecular weight is 603 g/mol. The quantitative estimate of drug-likeness (QED) is 0.0970. The number of rotatable bonds is 16. The summed E-state index contributed by atoms with van der Waals surface area (Å²) in [5.74, 6) is -0.382. The molecule has 1 saturated carbocycles. The van der Waals surface area contributed by atoms with Crippen LogP contribution in [0.3, 0.4) is 0 Å². The number of Topliss-reactive ketones (excluding diaryl/α,β-unsaturated/α-hetero) is 1. The number of benzene rings is 3. The molecule has 0 bridgehead atoms. The van der Waals surface area contributed by atoms with Crippen LogP contribution < -0.4 is 4.74 Å². The third-order valence-electron chi connectivity index (χ3n) is 9.74. The number of aryl methyl sites for hydroxylation is 1. The zero-order chi connectivity index (χ0) is 31.5. The van der Waals surface area contributed by atoms with Gasteiger partial charge in [-0.05, 0) is 90.8 Å². The van der Waals surface area contributed by atoms with Crippen molar-refractivity contribution in [2.45, 2.75) is 108 Å². The molecule has 0 radical (unpaired) electrons. The third-order valence-corrected chi connectivity index (χ3v) is 9.74. The highest BCUT2D eigenvalue weighted by molar-refractivity contribution is 5.82. The summed E-state index contributed by atoms with van der Waals surface area (Å²) in [6.45, 7) is 2.14. The third kappa shape index (κ3) is 8.56. The molecule has 0 unspecified atom stereocenters. The zero-order valence-corrected chi connectivity index (χ0v) is 26.4. The molecule has 3 atom stereocenters. The highest BCUT2D eigenvalue weighted by Crippen LogP contribution is 2.46. The van der Waals surface area contributed by atoms with E-state index in [2.05, 4.69) is 19.1 Å². The van der Waals surface area contributed by atoms with Crippen molar-refractivity contribution < 1.29 is 30.0 Å². The maximum absolute atomic E-state index is 14.3. The molecule has 4 N–H and O–H groups in total. The molecular weight excluding hydrogens is 552 g/mol. The molecule has 3 aromatic carbocycles. The fourth-order valence-corrected chi connectivity index (χ4v) is 7.13. The molecule has 6 nitrogen and oxygen atoms in total. The Labute approximate surface area is 262 Å². The summed E-state index contributed by atoms with van der Waals surface area (Å²) in [5.41, 5.74) is 2.70. The van der Waals surface area contributed by atoms with Gasteiger partial charge in [-0.25, -0.2) is 0 Å². The Bertz CT molecular complexity index is 1330. The summed E-state index contributed by atoms with van der Waals surface area (Å²) >= 11 is 0. The van der Waals surface area contributed by atoms with Gasteiger partial charge in [-0.2, -0.15) is 0 Å². The van der Waals surface area contributed by atoms with Crippen LogP contribution in [0.25, 0.3) is 0 Å². The number of ketones is 1. The van der Waals surface area contributed by atoms with Crippen molar-refractivity contribution in [2.75, 3.05) is 7.11 Å². The van der Waals surface area contributed by atoms with E-state index in [1.54, 1.807) is 12.1 Å². The van der Waals surface area contributed by atoms with Gasteiger partial charge in [0.15, 0.2) is 23.0 Å². The van der Waals surface area contributed by atoms with Crippen molar-refractivity contribution in [2.24, 2.45) is 5.92 Å². The first-order valence-corrected chi connectivity index (χ1v) is 16.4. The van der Waals surface area contributed by atoms with E-state index >= 15 is 0 Å². The topological polar surface area (TPSA) is 107 Å². The van der Waals surface area contributed by atoms with E-state index in [0.717, 1.165) is 75.3 Å². The number of phenols is 3. The highest BCUT2D eigenvalue weighted by Gasteiger charge is 2.40. The number of aromatic hydroxyl groups is 3. The van der Waals surface area contributed by atoms with E-state index in [4.69, 9.17) is 4.74 Å². The molecule has 1 aliphatic carbocycles. The second-order valence-electron chi connectivity index (χ2n) is 12.7. The Kier molecular flexibility index (Phi) is 12.1. The largest absolute Gasteiger partial charge is 0.504 e. The number of phenolic OH excluding ortho intramolecular Hbond substituents is 3. The molecule has 3 aromatic rings. The van der Waals surface area contributed by atoms with Crippen LogP contribution in [0.2, 0.25) is 0 Å². The second kappa shape index (κ2) is 16.0. The smallest absolute Gasteiger partial charge is 0.160 e. The van der Waals surface area contributed by atoms with Gasteiger partial charge >= 0.3 is 0 Å². The minimum atomic E-state index is -0.822. The fourth-order valence-electron chi connectivity index (χ4n) is 7.13. The number of methoxy groups -OCH3 is 1. The normalized spacial score (nSPS) is 16.6. The van der Waals surface area contributed by atoms with Crippen LogP contribution in [0.5, 0.6) is 23.0 Å². The lowest BCUT2D eigenvalue weighted by atomic mass is 9.64. The fraction of sp³-hybridized carbons (Fsp3) is 0.500. The number of aliphatic hydroxyl groups excluding tert-OH is 1. The van der Waals surface area contributed by atoms with Crippen molar-refractivity contribution in [1.29, 1.82) is 0 Å². The lowest BCUT2D eigenvalue weighted by molar-refractivity contribution is -0.127. The van der Waals surface area contributed by atoms with Gasteiger partial charge in [0.1, 0.15) is 5.78 Å². The van der Waals surface area contributed by atoms with Gasteiger partial charge in [0.25, 0.3) is 0 Å². The zero-order valence-electron chi connectivity index (χ0n) is 26.4. The Morgan fingerprint density at radius 1 is 0.864 bits per heavy atom. The van der Waals surface area contributed by atoms with Crippen LogP contribution in [-0.2, 0) is 16.6 Å². The van der Waals surface area contributed by atoms with Crippen LogP contribution in [0, 0.1) is 5.92 Å². The van der Waals surface area contributed by atoms with E-state index in [9.17, 15) is 25.2 Å². The van der Waals surface area contributed by atoms with Gasteiger partial charge in [0.2, 0.25) is 0 Å². The molecule has 6 heteroatoms. The van der Waals surface area contributed by atoms with E-state index < -0.39 is 12.0 Å². The molecule has 4 rings (SSSR count). The Morgan fingerprint density at radius 3 is 2.27 bits per heavy atom. The molecule has 0 heterocycles. The summed E-state index contributed by atoms with van der Waals surface area (Å²) in [5, 5.41) is 42.4. The Hall–Kier alpha value is -3.51. The Balaban J connectivity index is 1.60. The Morgan fingerprint density at radius 2 is 1.59 bits per heavy atom. The van der Waals surface area contributed by atoms with Gasteiger partial charge in [-0.1, -0.05) is 87.9 Å². The average Bonchev–Trinajstić information content (AvgIpc) is 3.03. The monoisotopic (exact) mass is 602 g/mol. The van der Waals surface area contributed by atoms with Crippen molar-refractivity contribution in [1.82, 2.24) is 0 Å². The first kappa shape index (κ1) is 33.4. The molecule has 1 aliphatic rings. The number of unbranched alkanes of at least 4 members (excludes halogenated alkanes) is 2. The number of aliphatic hydroxyl groups is 1. The molecule has 0 aromatic heterocycles. The molecule has 0 saturated heterocycles.